The predicted molar refractivity (Wildman–Crippen MR) is 133 cm³/mol. The molecule has 35 heavy (non-hydrogen) atoms. The fraction of sp³-hybridized carbons (Fsp3) is 0.483. The minimum Gasteiger partial charge on any atom is -0.497 e. The molecule has 0 spiro atoms. The van der Waals surface area contributed by atoms with Gasteiger partial charge in [0.2, 0.25) is 0 Å². The van der Waals surface area contributed by atoms with E-state index in [1.807, 2.05) is 18.2 Å². The van der Waals surface area contributed by atoms with E-state index < -0.39 is 32.1 Å². The molecule has 4 aliphatic carbocycles. The molecule has 6 heteroatoms. The van der Waals surface area contributed by atoms with E-state index in [0.717, 1.165) is 31.4 Å². The Hall–Kier alpha value is -2.60. The highest BCUT2D eigenvalue weighted by Crippen LogP contribution is 2.76. The first-order chi connectivity index (χ1) is 16.7. The number of hydrogen-bond acceptors (Lipinski definition) is 5. The van der Waals surface area contributed by atoms with Crippen molar-refractivity contribution in [2.45, 2.75) is 67.6 Å². The second kappa shape index (κ2) is 7.45. The van der Waals surface area contributed by atoms with Gasteiger partial charge in [-0.3, -0.25) is 4.79 Å². The first-order valence-corrected chi connectivity index (χ1v) is 14.1. The quantitative estimate of drug-likeness (QED) is 0.431. The molecular weight excluding hydrogens is 460 g/mol. The number of benzene rings is 2. The lowest BCUT2D eigenvalue weighted by molar-refractivity contribution is -0.168. The number of allylic oxidation sites excluding steroid dienone is 1. The molecule has 4 aliphatic rings. The first kappa shape index (κ1) is 22.8. The summed E-state index contributed by atoms with van der Waals surface area (Å²) >= 11 is 0. The molecule has 0 aliphatic heterocycles. The third-order valence-electron chi connectivity index (χ3n) is 9.86. The van der Waals surface area contributed by atoms with E-state index >= 15 is 0 Å². The zero-order chi connectivity index (χ0) is 24.6. The highest BCUT2D eigenvalue weighted by molar-refractivity contribution is 7.92. The van der Waals surface area contributed by atoms with Crippen LogP contribution in [0.1, 0.15) is 56.6 Å². The van der Waals surface area contributed by atoms with E-state index in [1.54, 1.807) is 31.4 Å². The molecule has 0 saturated heterocycles. The fourth-order valence-corrected chi connectivity index (χ4v) is 10.5. The standard InChI is InChI=1S/C29H32O5S/c1-19(30)34-29-16-15-28(18-26(29)35(31,32)22-7-5-4-6-8-22)25-12-9-20-17-21(33-3)10-11-23(20)24(25)13-14-27(28,29)2/h4-8,10-11,15-17,24-26H,9,12-14,18H2,1-3H3/t24-,25+,26+,27-,28-,29-/m0/s1. The molecule has 2 aromatic carbocycles. The lowest BCUT2D eigenvalue weighted by atomic mass is 9.48. The summed E-state index contributed by atoms with van der Waals surface area (Å²) in [6.45, 7) is 3.57. The maximum Gasteiger partial charge on any atom is 0.303 e. The minimum atomic E-state index is -3.73. The van der Waals surface area contributed by atoms with Crippen LogP contribution in [0.5, 0.6) is 5.75 Å². The smallest absolute Gasteiger partial charge is 0.303 e. The number of sulfone groups is 1. The summed E-state index contributed by atoms with van der Waals surface area (Å²) < 4.78 is 39.8. The molecule has 6 atom stereocenters. The predicted octanol–water partition coefficient (Wildman–Crippen LogP) is 5.25. The van der Waals surface area contributed by atoms with Crippen LogP contribution in [0.2, 0.25) is 0 Å². The molecule has 0 amide bonds. The molecule has 0 aromatic heterocycles. The molecule has 184 valence electrons. The normalized spacial score (nSPS) is 36.7. The summed E-state index contributed by atoms with van der Waals surface area (Å²) in [6, 6.07) is 15.0. The van der Waals surface area contributed by atoms with Gasteiger partial charge in [0.25, 0.3) is 0 Å². The van der Waals surface area contributed by atoms with Gasteiger partial charge >= 0.3 is 5.97 Å². The van der Waals surface area contributed by atoms with Gasteiger partial charge in [0, 0.05) is 17.8 Å². The number of aryl methyl sites for hydroxylation is 1. The van der Waals surface area contributed by atoms with Gasteiger partial charge in [-0.05, 0) is 85.4 Å². The topological polar surface area (TPSA) is 69.7 Å². The minimum absolute atomic E-state index is 0.298. The average Bonchev–Trinajstić information content (AvgIpc) is 3.24. The van der Waals surface area contributed by atoms with Crippen LogP contribution in [0.4, 0.5) is 0 Å². The lowest BCUT2D eigenvalue weighted by Crippen LogP contribution is -2.56. The van der Waals surface area contributed by atoms with Gasteiger partial charge in [-0.2, -0.15) is 0 Å². The van der Waals surface area contributed by atoms with E-state index in [4.69, 9.17) is 9.47 Å². The molecule has 2 aromatic rings. The zero-order valence-corrected chi connectivity index (χ0v) is 21.3. The Morgan fingerprint density at radius 1 is 1.06 bits per heavy atom. The van der Waals surface area contributed by atoms with Crippen LogP contribution in [0.25, 0.3) is 0 Å². The molecule has 2 fully saturated rings. The number of ether oxygens (including phenoxy) is 2. The Kier molecular flexibility index (Phi) is 4.86. The Morgan fingerprint density at radius 2 is 1.83 bits per heavy atom. The maximum absolute atomic E-state index is 14.1. The summed E-state index contributed by atoms with van der Waals surface area (Å²) in [7, 11) is -2.03. The zero-order valence-electron chi connectivity index (χ0n) is 20.5. The molecular formula is C29H32O5S. The highest BCUT2D eigenvalue weighted by Gasteiger charge is 2.78. The summed E-state index contributed by atoms with van der Waals surface area (Å²) in [5.41, 5.74) is 0.744. The highest BCUT2D eigenvalue weighted by atomic mass is 32.2. The number of fused-ring (bicyclic) bond motifs is 3. The van der Waals surface area contributed by atoms with Crippen molar-refractivity contribution in [3.8, 4) is 5.75 Å². The lowest BCUT2D eigenvalue weighted by Gasteiger charge is -2.56. The van der Waals surface area contributed by atoms with E-state index in [2.05, 4.69) is 25.1 Å². The van der Waals surface area contributed by atoms with Crippen molar-refractivity contribution in [2.24, 2.45) is 16.7 Å². The van der Waals surface area contributed by atoms with Crippen LogP contribution < -0.4 is 4.74 Å². The van der Waals surface area contributed by atoms with Gasteiger partial charge < -0.3 is 9.47 Å². The molecule has 6 rings (SSSR count). The number of methoxy groups -OCH3 is 1. The van der Waals surface area contributed by atoms with Crippen molar-refractivity contribution in [2.75, 3.05) is 7.11 Å². The number of carbonyl (C=O) groups is 1. The van der Waals surface area contributed by atoms with Gasteiger partial charge in [-0.15, -0.1) is 0 Å². The third kappa shape index (κ3) is 2.80. The summed E-state index contributed by atoms with van der Waals surface area (Å²) in [5, 5.41) is -0.799. The number of esters is 1. The van der Waals surface area contributed by atoms with Crippen LogP contribution in [0.15, 0.2) is 65.6 Å². The van der Waals surface area contributed by atoms with Crippen molar-refractivity contribution in [3.63, 3.8) is 0 Å². The van der Waals surface area contributed by atoms with Gasteiger partial charge in [0.15, 0.2) is 15.4 Å². The number of carbonyl (C=O) groups excluding carboxylic acids is 1. The fourth-order valence-electron chi connectivity index (χ4n) is 8.33. The summed E-state index contributed by atoms with van der Waals surface area (Å²) in [5.74, 6) is 1.11. The molecule has 0 N–H and O–H groups in total. The molecule has 5 nitrogen and oxygen atoms in total. The summed E-state index contributed by atoms with van der Waals surface area (Å²) in [4.78, 5) is 12.7. The molecule has 2 bridgehead atoms. The van der Waals surface area contributed by atoms with Gasteiger partial charge in [0.1, 0.15) is 11.0 Å². The third-order valence-corrected chi connectivity index (χ3v) is 12.1. The molecule has 0 radical (unpaired) electrons. The maximum atomic E-state index is 14.1. The van der Waals surface area contributed by atoms with Gasteiger partial charge in [-0.1, -0.05) is 37.3 Å². The molecule has 0 unspecified atom stereocenters. The largest absolute Gasteiger partial charge is 0.497 e. The Bertz CT molecular complexity index is 1330. The monoisotopic (exact) mass is 492 g/mol. The van der Waals surface area contributed by atoms with Crippen LogP contribution >= 0.6 is 0 Å². The Balaban J connectivity index is 1.49. The van der Waals surface area contributed by atoms with E-state index in [0.29, 0.717) is 23.2 Å². The summed E-state index contributed by atoms with van der Waals surface area (Å²) in [6.07, 6.45) is 8.35. The van der Waals surface area contributed by atoms with Crippen molar-refractivity contribution in [3.05, 3.63) is 71.8 Å². The SMILES string of the molecule is COc1ccc2c(c1)CC[C@@H]1[C@H]2CC[C@@]2(C)[C@]13C=C[C@]2(OC(C)=O)[C@H](S(=O)(=O)c1ccccc1)C3. The molecule has 0 heterocycles. The first-order valence-electron chi connectivity index (χ1n) is 12.5. The van der Waals surface area contributed by atoms with Crippen LogP contribution in [0.3, 0.4) is 0 Å². The van der Waals surface area contributed by atoms with Gasteiger partial charge in [-0.25, -0.2) is 8.42 Å². The van der Waals surface area contributed by atoms with Crippen molar-refractivity contribution >= 4 is 15.8 Å². The Morgan fingerprint density at radius 3 is 2.54 bits per heavy atom. The van der Waals surface area contributed by atoms with E-state index in [9.17, 15) is 13.2 Å². The average molecular weight is 493 g/mol. The van der Waals surface area contributed by atoms with Crippen LogP contribution in [-0.2, 0) is 25.8 Å². The van der Waals surface area contributed by atoms with E-state index in [1.165, 1.54) is 18.1 Å². The second-order valence-electron chi connectivity index (χ2n) is 11.0. The second-order valence-corrected chi connectivity index (χ2v) is 13.1. The Labute approximate surface area is 207 Å². The van der Waals surface area contributed by atoms with E-state index in [-0.39, 0.29) is 5.41 Å². The van der Waals surface area contributed by atoms with Crippen molar-refractivity contribution in [1.29, 1.82) is 0 Å². The van der Waals surface area contributed by atoms with Crippen LogP contribution in [-0.4, -0.2) is 32.3 Å². The van der Waals surface area contributed by atoms with Gasteiger partial charge in [0.05, 0.1) is 12.0 Å². The van der Waals surface area contributed by atoms with Crippen molar-refractivity contribution < 1.29 is 22.7 Å². The number of rotatable bonds is 4. The molecule has 2 saturated carbocycles. The number of hydrogen-bond donors (Lipinski definition) is 0. The van der Waals surface area contributed by atoms with Crippen LogP contribution in [0, 0.1) is 16.7 Å². The van der Waals surface area contributed by atoms with Crippen molar-refractivity contribution in [1.82, 2.24) is 0 Å².